The molecule has 1 N–H and O–H groups in total. The molecule has 0 aromatic carbocycles. The smallest absolute Gasteiger partial charge is 0.00938 e. The average Bonchev–Trinajstić information content (AvgIpc) is 2.28. The second-order valence-electron chi connectivity index (χ2n) is 5.22. The molecule has 0 aliphatic carbocycles. The van der Waals surface area contributed by atoms with Crippen LogP contribution in [0.4, 0.5) is 0 Å². The second kappa shape index (κ2) is 7.86. The Hall–Kier alpha value is -0.340. The third-order valence-electron chi connectivity index (χ3n) is 3.53. The molecule has 1 fully saturated rings. The molecule has 1 rings (SSSR count). The van der Waals surface area contributed by atoms with Crippen molar-refractivity contribution in [2.45, 2.75) is 57.5 Å². The Bertz CT molecular complexity index is 183. The summed E-state index contributed by atoms with van der Waals surface area (Å²) in [5.41, 5.74) is 0. The predicted octanol–water partition coefficient (Wildman–Crippen LogP) is 2.81. The Kier molecular flexibility index (Phi) is 6.74. The van der Waals surface area contributed by atoms with Gasteiger partial charge in [-0.05, 0) is 59.2 Å². The summed E-state index contributed by atoms with van der Waals surface area (Å²) < 4.78 is 0. The third-order valence-corrected chi connectivity index (χ3v) is 3.53. The van der Waals surface area contributed by atoms with E-state index in [1.807, 2.05) is 6.08 Å². The number of nitrogens with one attached hydrogen (secondary N) is 1. The zero-order valence-corrected chi connectivity index (χ0v) is 11.0. The first-order valence-electron chi connectivity index (χ1n) is 6.78. The van der Waals surface area contributed by atoms with Crippen LogP contribution >= 0.6 is 0 Å². The summed E-state index contributed by atoms with van der Waals surface area (Å²) in [7, 11) is 2.22. The van der Waals surface area contributed by atoms with Crippen LogP contribution in [0.2, 0.25) is 0 Å². The van der Waals surface area contributed by atoms with Crippen LogP contribution in [0.25, 0.3) is 0 Å². The molecule has 0 bridgehead atoms. The van der Waals surface area contributed by atoms with Crippen LogP contribution in [0.1, 0.15) is 45.4 Å². The molecule has 1 saturated heterocycles. The summed E-state index contributed by atoms with van der Waals surface area (Å²) in [6.45, 7) is 8.59. The first-order valence-corrected chi connectivity index (χ1v) is 6.78. The fraction of sp³-hybridized carbons (Fsp3) is 0.857. The number of rotatable bonds is 7. The quantitative estimate of drug-likeness (QED) is 0.528. The Labute approximate surface area is 101 Å². The van der Waals surface area contributed by atoms with Crippen LogP contribution in [0, 0.1) is 0 Å². The molecule has 2 nitrogen and oxygen atoms in total. The van der Waals surface area contributed by atoms with Gasteiger partial charge in [0.05, 0.1) is 0 Å². The van der Waals surface area contributed by atoms with Crippen LogP contribution in [-0.2, 0) is 0 Å². The van der Waals surface area contributed by atoms with E-state index in [4.69, 9.17) is 0 Å². The molecule has 94 valence electrons. The summed E-state index contributed by atoms with van der Waals surface area (Å²) in [5.74, 6) is 0. The summed E-state index contributed by atoms with van der Waals surface area (Å²) in [5, 5.41) is 3.76. The first kappa shape index (κ1) is 13.7. The van der Waals surface area contributed by atoms with Gasteiger partial charge < -0.3 is 10.2 Å². The Morgan fingerprint density at radius 2 is 2.06 bits per heavy atom. The molecule has 0 amide bonds. The molecule has 1 unspecified atom stereocenters. The van der Waals surface area contributed by atoms with Gasteiger partial charge in [-0.25, -0.2) is 0 Å². The Balaban J connectivity index is 2.04. The van der Waals surface area contributed by atoms with Crippen molar-refractivity contribution < 1.29 is 0 Å². The lowest BCUT2D eigenvalue weighted by Gasteiger charge is -2.31. The molecule has 0 aromatic heterocycles. The molecule has 0 saturated carbocycles. The van der Waals surface area contributed by atoms with Crippen molar-refractivity contribution in [1.82, 2.24) is 10.2 Å². The highest BCUT2D eigenvalue weighted by Crippen LogP contribution is 2.11. The second-order valence-corrected chi connectivity index (χ2v) is 5.22. The normalized spacial score (nSPS) is 20.9. The fourth-order valence-corrected chi connectivity index (χ4v) is 2.40. The SMILES string of the molecule is C=CCCCCC(C)NC1CCN(C)CC1. The van der Waals surface area contributed by atoms with Crippen molar-refractivity contribution >= 4 is 0 Å². The van der Waals surface area contributed by atoms with Crippen molar-refractivity contribution in [3.63, 3.8) is 0 Å². The molecule has 0 aromatic rings. The molecule has 0 radical (unpaired) electrons. The lowest BCUT2D eigenvalue weighted by Crippen LogP contribution is -2.44. The molecule has 16 heavy (non-hydrogen) atoms. The van der Waals surface area contributed by atoms with Crippen LogP contribution < -0.4 is 5.32 Å². The number of likely N-dealkylation sites (tertiary alicyclic amines) is 1. The van der Waals surface area contributed by atoms with E-state index >= 15 is 0 Å². The van der Waals surface area contributed by atoms with E-state index in [9.17, 15) is 0 Å². The zero-order chi connectivity index (χ0) is 11.8. The maximum atomic E-state index is 3.76. The van der Waals surface area contributed by atoms with Crippen molar-refractivity contribution in [3.05, 3.63) is 12.7 Å². The van der Waals surface area contributed by atoms with Gasteiger partial charge in [0.1, 0.15) is 0 Å². The van der Waals surface area contributed by atoms with Gasteiger partial charge in [-0.3, -0.25) is 0 Å². The van der Waals surface area contributed by atoms with Gasteiger partial charge in [-0.2, -0.15) is 0 Å². The van der Waals surface area contributed by atoms with E-state index in [0.717, 1.165) is 6.04 Å². The predicted molar refractivity (Wildman–Crippen MR) is 71.8 cm³/mol. The van der Waals surface area contributed by atoms with Crippen LogP contribution in [0.3, 0.4) is 0 Å². The average molecular weight is 224 g/mol. The van der Waals surface area contributed by atoms with Gasteiger partial charge in [0, 0.05) is 12.1 Å². The van der Waals surface area contributed by atoms with Crippen molar-refractivity contribution in [1.29, 1.82) is 0 Å². The van der Waals surface area contributed by atoms with Gasteiger partial charge in [-0.1, -0.05) is 12.5 Å². The maximum Gasteiger partial charge on any atom is 0.00938 e. The summed E-state index contributed by atoms with van der Waals surface area (Å²) in [6.07, 6.45) is 9.74. The molecule has 2 heteroatoms. The molecule has 1 aliphatic rings. The summed E-state index contributed by atoms with van der Waals surface area (Å²) in [6, 6.07) is 1.43. The highest BCUT2D eigenvalue weighted by atomic mass is 15.1. The number of hydrogen-bond acceptors (Lipinski definition) is 2. The highest BCUT2D eigenvalue weighted by Gasteiger charge is 2.17. The van der Waals surface area contributed by atoms with Crippen molar-refractivity contribution in [2.24, 2.45) is 0 Å². The summed E-state index contributed by atoms with van der Waals surface area (Å²) in [4.78, 5) is 2.42. The monoisotopic (exact) mass is 224 g/mol. The number of nitrogens with zero attached hydrogens (tertiary/aromatic N) is 1. The molecule has 0 spiro atoms. The van der Waals surface area contributed by atoms with Crippen LogP contribution in [-0.4, -0.2) is 37.1 Å². The van der Waals surface area contributed by atoms with Crippen LogP contribution in [0.15, 0.2) is 12.7 Å². The fourth-order valence-electron chi connectivity index (χ4n) is 2.40. The summed E-state index contributed by atoms with van der Waals surface area (Å²) >= 11 is 0. The molecular weight excluding hydrogens is 196 g/mol. The minimum atomic E-state index is 0.679. The topological polar surface area (TPSA) is 15.3 Å². The third kappa shape index (κ3) is 5.66. The zero-order valence-electron chi connectivity index (χ0n) is 11.0. The largest absolute Gasteiger partial charge is 0.311 e. The Morgan fingerprint density at radius 3 is 2.69 bits per heavy atom. The van der Waals surface area contributed by atoms with E-state index < -0.39 is 0 Å². The molecular formula is C14H28N2. The lowest BCUT2D eigenvalue weighted by molar-refractivity contribution is 0.224. The van der Waals surface area contributed by atoms with Crippen molar-refractivity contribution in [3.8, 4) is 0 Å². The highest BCUT2D eigenvalue weighted by molar-refractivity contribution is 4.78. The van der Waals surface area contributed by atoms with Crippen LogP contribution in [0.5, 0.6) is 0 Å². The lowest BCUT2D eigenvalue weighted by atomic mass is 10.0. The van der Waals surface area contributed by atoms with Gasteiger partial charge >= 0.3 is 0 Å². The van der Waals surface area contributed by atoms with E-state index in [1.165, 1.54) is 51.6 Å². The maximum absolute atomic E-state index is 3.76. The number of unbranched alkanes of at least 4 members (excludes halogenated alkanes) is 2. The van der Waals surface area contributed by atoms with Gasteiger partial charge in [-0.15, -0.1) is 6.58 Å². The van der Waals surface area contributed by atoms with Gasteiger partial charge in [0.25, 0.3) is 0 Å². The van der Waals surface area contributed by atoms with E-state index in [1.54, 1.807) is 0 Å². The standard InChI is InChI=1S/C14H28N2/c1-4-5-6-7-8-13(2)15-14-9-11-16(3)12-10-14/h4,13-15H,1,5-12H2,2-3H3. The minimum Gasteiger partial charge on any atom is -0.311 e. The van der Waals surface area contributed by atoms with Gasteiger partial charge in [0.2, 0.25) is 0 Å². The minimum absolute atomic E-state index is 0.679. The molecule has 1 heterocycles. The first-order chi connectivity index (χ1) is 7.72. The van der Waals surface area contributed by atoms with Gasteiger partial charge in [0.15, 0.2) is 0 Å². The van der Waals surface area contributed by atoms with Crippen molar-refractivity contribution in [2.75, 3.05) is 20.1 Å². The van der Waals surface area contributed by atoms with E-state index in [0.29, 0.717) is 6.04 Å². The number of piperidine rings is 1. The molecule has 1 aliphatic heterocycles. The van der Waals surface area contributed by atoms with E-state index in [-0.39, 0.29) is 0 Å². The number of allylic oxidation sites excluding steroid dienone is 1. The Morgan fingerprint density at radius 1 is 1.38 bits per heavy atom. The van der Waals surface area contributed by atoms with E-state index in [2.05, 4.69) is 30.8 Å². The number of hydrogen-bond donors (Lipinski definition) is 1. The molecule has 1 atom stereocenters.